The highest BCUT2D eigenvalue weighted by molar-refractivity contribution is 6.04. The highest BCUT2D eigenvalue weighted by Crippen LogP contribution is 2.16. The van der Waals surface area contributed by atoms with E-state index in [1.54, 1.807) is 36.4 Å². The van der Waals surface area contributed by atoms with Crippen molar-refractivity contribution in [3.63, 3.8) is 0 Å². The molecule has 3 rings (SSSR count). The van der Waals surface area contributed by atoms with Crippen LogP contribution in [0.15, 0.2) is 60.9 Å². The van der Waals surface area contributed by atoms with Gasteiger partial charge in [-0.1, -0.05) is 12.1 Å². The molecule has 0 saturated carbocycles. The van der Waals surface area contributed by atoms with E-state index < -0.39 is 0 Å². The number of anilines is 1. The third-order valence-corrected chi connectivity index (χ3v) is 3.54. The molecule has 5 nitrogen and oxygen atoms in total. The Kier molecular flexibility index (Phi) is 4.61. The number of hydrogen-bond acceptors (Lipinski definition) is 4. The number of halogens is 1. The highest BCUT2D eigenvalue weighted by Gasteiger charge is 2.10. The lowest BCUT2D eigenvalue weighted by Gasteiger charge is -2.06. The second kappa shape index (κ2) is 7.00. The van der Waals surface area contributed by atoms with Crippen LogP contribution in [0.1, 0.15) is 27.6 Å². The predicted octanol–water partition coefficient (Wildman–Crippen LogP) is 3.74. The Morgan fingerprint density at radius 2 is 1.64 bits per heavy atom. The molecule has 1 amide bonds. The van der Waals surface area contributed by atoms with Crippen molar-refractivity contribution < 1.29 is 14.0 Å². The number of carbonyl (C=O) groups is 2. The van der Waals surface area contributed by atoms with Crippen molar-refractivity contribution in [1.82, 2.24) is 9.97 Å². The average Bonchev–Trinajstić information content (AvgIpc) is 2.63. The van der Waals surface area contributed by atoms with Crippen LogP contribution in [0.3, 0.4) is 0 Å². The van der Waals surface area contributed by atoms with E-state index in [4.69, 9.17) is 0 Å². The average molecular weight is 335 g/mol. The minimum atomic E-state index is -0.383. The molecule has 124 valence electrons. The molecule has 0 unspecified atom stereocenters. The summed E-state index contributed by atoms with van der Waals surface area (Å²) in [4.78, 5) is 31.9. The van der Waals surface area contributed by atoms with Crippen molar-refractivity contribution in [3.05, 3.63) is 77.9 Å². The third-order valence-electron chi connectivity index (χ3n) is 3.54. The van der Waals surface area contributed by atoms with Crippen molar-refractivity contribution in [2.75, 3.05) is 5.32 Å². The number of nitrogens with zero attached hydrogens (tertiary/aromatic N) is 2. The molecule has 0 atom stereocenters. The summed E-state index contributed by atoms with van der Waals surface area (Å²) in [5.74, 6) is -0.405. The Hall–Kier alpha value is -3.41. The summed E-state index contributed by atoms with van der Waals surface area (Å²) in [6.07, 6.45) is 2.80. The first kappa shape index (κ1) is 16.4. The largest absolute Gasteiger partial charge is 0.322 e. The quantitative estimate of drug-likeness (QED) is 0.737. The number of carbonyl (C=O) groups excluding carboxylic acids is 2. The second-order valence-corrected chi connectivity index (χ2v) is 5.39. The molecular weight excluding hydrogens is 321 g/mol. The molecule has 0 aliphatic carbocycles. The molecule has 2 aromatic carbocycles. The lowest BCUT2D eigenvalue weighted by atomic mass is 10.1. The smallest absolute Gasteiger partial charge is 0.258 e. The molecule has 25 heavy (non-hydrogen) atoms. The van der Waals surface area contributed by atoms with Gasteiger partial charge in [-0.15, -0.1) is 0 Å². The summed E-state index contributed by atoms with van der Waals surface area (Å²) in [5.41, 5.74) is 1.96. The molecule has 1 aromatic heterocycles. The second-order valence-electron chi connectivity index (χ2n) is 5.39. The van der Waals surface area contributed by atoms with Gasteiger partial charge in [0.25, 0.3) is 5.91 Å². The van der Waals surface area contributed by atoms with Gasteiger partial charge in [0.15, 0.2) is 11.6 Å². The molecule has 6 heteroatoms. The van der Waals surface area contributed by atoms with Crippen LogP contribution in [-0.2, 0) is 0 Å². The van der Waals surface area contributed by atoms with Crippen LogP contribution >= 0.6 is 0 Å². The van der Waals surface area contributed by atoms with E-state index in [0.717, 1.165) is 0 Å². The standard InChI is InChI=1S/C19H14FN3O2/c1-12(24)14-3-2-4-17(9-14)23-19(25)15-10-21-18(22-11-15)13-5-7-16(20)8-6-13/h2-11H,1H3,(H,23,25). The van der Waals surface area contributed by atoms with Gasteiger partial charge in [-0.25, -0.2) is 14.4 Å². The van der Waals surface area contributed by atoms with Gasteiger partial charge >= 0.3 is 0 Å². The van der Waals surface area contributed by atoms with Crippen molar-refractivity contribution in [2.45, 2.75) is 6.92 Å². The normalized spacial score (nSPS) is 10.3. The molecule has 0 bridgehead atoms. The third kappa shape index (κ3) is 3.92. The van der Waals surface area contributed by atoms with Crippen molar-refractivity contribution in [1.29, 1.82) is 0 Å². The summed E-state index contributed by atoms with van der Waals surface area (Å²) in [7, 11) is 0. The summed E-state index contributed by atoms with van der Waals surface area (Å²) >= 11 is 0. The minimum absolute atomic E-state index is 0.0805. The molecule has 1 heterocycles. The van der Waals surface area contributed by atoms with Gasteiger partial charge in [0.1, 0.15) is 5.82 Å². The molecule has 0 fully saturated rings. The van der Waals surface area contributed by atoms with E-state index in [1.165, 1.54) is 31.5 Å². The molecule has 0 aliphatic rings. The highest BCUT2D eigenvalue weighted by atomic mass is 19.1. The minimum Gasteiger partial charge on any atom is -0.322 e. The first-order valence-electron chi connectivity index (χ1n) is 7.53. The first-order valence-corrected chi connectivity index (χ1v) is 7.53. The van der Waals surface area contributed by atoms with Crippen molar-refractivity contribution >= 4 is 17.4 Å². The van der Waals surface area contributed by atoms with Gasteiger partial charge in [-0.3, -0.25) is 9.59 Å². The van der Waals surface area contributed by atoms with Crippen molar-refractivity contribution in [2.24, 2.45) is 0 Å². The number of Topliss-reactive ketones (excluding diaryl/α,β-unsaturated/α-hetero) is 1. The van der Waals surface area contributed by atoms with Crippen LogP contribution in [0.25, 0.3) is 11.4 Å². The Morgan fingerprint density at radius 3 is 2.28 bits per heavy atom. The zero-order valence-electron chi connectivity index (χ0n) is 13.4. The van der Waals surface area contributed by atoms with Crippen LogP contribution in [0.5, 0.6) is 0 Å². The first-order chi connectivity index (χ1) is 12.0. The van der Waals surface area contributed by atoms with Crippen LogP contribution in [0, 0.1) is 5.82 Å². The van der Waals surface area contributed by atoms with Crippen LogP contribution < -0.4 is 5.32 Å². The molecule has 1 N–H and O–H groups in total. The maximum Gasteiger partial charge on any atom is 0.258 e. The van der Waals surface area contributed by atoms with Gasteiger partial charge in [-0.05, 0) is 43.3 Å². The van der Waals surface area contributed by atoms with Gasteiger partial charge in [-0.2, -0.15) is 0 Å². The molecule has 0 spiro atoms. The Balaban J connectivity index is 1.75. The maximum atomic E-state index is 12.9. The Labute approximate surface area is 143 Å². The number of ketones is 1. The van der Waals surface area contributed by atoms with E-state index in [1.807, 2.05) is 0 Å². The Morgan fingerprint density at radius 1 is 0.960 bits per heavy atom. The number of benzene rings is 2. The summed E-state index contributed by atoms with van der Waals surface area (Å²) in [6.45, 7) is 1.46. The van der Waals surface area contributed by atoms with Crippen LogP contribution in [0.4, 0.5) is 10.1 Å². The number of aromatic nitrogens is 2. The van der Waals surface area contributed by atoms with Gasteiger partial charge in [0.05, 0.1) is 5.56 Å². The van der Waals surface area contributed by atoms with Crippen molar-refractivity contribution in [3.8, 4) is 11.4 Å². The number of amides is 1. The van der Waals surface area contributed by atoms with E-state index in [0.29, 0.717) is 22.6 Å². The lowest BCUT2D eigenvalue weighted by molar-refractivity contribution is 0.101. The fourth-order valence-corrected chi connectivity index (χ4v) is 2.21. The molecule has 0 radical (unpaired) electrons. The van der Waals surface area contributed by atoms with Gasteiger partial charge in [0, 0.05) is 29.2 Å². The maximum absolute atomic E-state index is 12.9. The lowest BCUT2D eigenvalue weighted by Crippen LogP contribution is -2.13. The summed E-state index contributed by atoms with van der Waals surface area (Å²) in [5, 5.41) is 2.70. The fraction of sp³-hybridized carbons (Fsp3) is 0.0526. The Bertz CT molecular complexity index is 922. The zero-order chi connectivity index (χ0) is 17.8. The predicted molar refractivity (Wildman–Crippen MR) is 91.8 cm³/mol. The van der Waals surface area contributed by atoms with E-state index >= 15 is 0 Å². The van der Waals surface area contributed by atoms with Gasteiger partial charge in [0.2, 0.25) is 0 Å². The van der Waals surface area contributed by atoms with E-state index in [2.05, 4.69) is 15.3 Å². The number of rotatable bonds is 4. The molecule has 0 aliphatic heterocycles. The summed E-state index contributed by atoms with van der Waals surface area (Å²) in [6, 6.07) is 12.4. The van der Waals surface area contributed by atoms with Gasteiger partial charge < -0.3 is 5.32 Å². The topological polar surface area (TPSA) is 72.0 Å². The summed E-state index contributed by atoms with van der Waals surface area (Å²) < 4.78 is 12.9. The van der Waals surface area contributed by atoms with E-state index in [-0.39, 0.29) is 23.1 Å². The monoisotopic (exact) mass is 335 g/mol. The molecular formula is C19H14FN3O2. The number of hydrogen-bond donors (Lipinski definition) is 1. The number of nitrogens with one attached hydrogen (secondary N) is 1. The van der Waals surface area contributed by atoms with Crippen LogP contribution in [0.2, 0.25) is 0 Å². The van der Waals surface area contributed by atoms with E-state index in [9.17, 15) is 14.0 Å². The zero-order valence-corrected chi connectivity index (χ0v) is 13.4. The van der Waals surface area contributed by atoms with Crippen LogP contribution in [-0.4, -0.2) is 21.7 Å². The fourth-order valence-electron chi connectivity index (χ4n) is 2.21. The molecule has 3 aromatic rings. The molecule has 0 saturated heterocycles. The SMILES string of the molecule is CC(=O)c1cccc(NC(=O)c2cnc(-c3ccc(F)cc3)nc2)c1.